The number of nitrogens with one attached hydrogen (secondary N) is 1. The smallest absolute Gasteiger partial charge is 0.0992 e. The summed E-state index contributed by atoms with van der Waals surface area (Å²) in [7, 11) is 0. The molecule has 2 aromatic rings. The zero-order valence-electron chi connectivity index (χ0n) is 12.5. The minimum Gasteiger partial charge on any atom is -0.361 e. The standard InChI is InChI=1S/C18H18ClN3/c1-13-3-2-4-15(9-13)18-12-21-7-8-22(18)17-6-5-14(11-20)10-16(17)19/h2-6,9-10,18,21H,7-8,12H2,1H3/t18-/m0/s1. The van der Waals surface area contributed by atoms with E-state index in [9.17, 15) is 0 Å². The molecule has 112 valence electrons. The van der Waals surface area contributed by atoms with E-state index in [0.29, 0.717) is 10.6 Å². The van der Waals surface area contributed by atoms with Crippen LogP contribution >= 0.6 is 11.6 Å². The van der Waals surface area contributed by atoms with Crippen LogP contribution in [0.25, 0.3) is 0 Å². The largest absolute Gasteiger partial charge is 0.361 e. The van der Waals surface area contributed by atoms with Crippen LogP contribution in [0.1, 0.15) is 22.7 Å². The summed E-state index contributed by atoms with van der Waals surface area (Å²) in [6, 6.07) is 16.5. The molecule has 0 aliphatic carbocycles. The zero-order chi connectivity index (χ0) is 15.5. The van der Waals surface area contributed by atoms with E-state index in [4.69, 9.17) is 16.9 Å². The number of halogens is 1. The second kappa shape index (κ2) is 6.39. The SMILES string of the molecule is Cc1cccc([C@@H]2CNCCN2c2ccc(C#N)cc2Cl)c1. The van der Waals surface area contributed by atoms with Crippen LogP contribution in [0.3, 0.4) is 0 Å². The first-order valence-electron chi connectivity index (χ1n) is 7.42. The number of anilines is 1. The Morgan fingerprint density at radius 3 is 2.86 bits per heavy atom. The summed E-state index contributed by atoms with van der Waals surface area (Å²) in [5.74, 6) is 0. The Bertz CT molecular complexity index is 721. The van der Waals surface area contributed by atoms with Gasteiger partial charge in [-0.2, -0.15) is 5.26 Å². The number of piperazine rings is 1. The molecule has 1 saturated heterocycles. The van der Waals surface area contributed by atoms with Gasteiger partial charge in [0.15, 0.2) is 0 Å². The summed E-state index contributed by atoms with van der Waals surface area (Å²) in [5, 5.41) is 13.1. The lowest BCUT2D eigenvalue weighted by molar-refractivity contribution is 0.490. The van der Waals surface area contributed by atoms with Gasteiger partial charge < -0.3 is 10.2 Å². The third kappa shape index (κ3) is 2.94. The fraction of sp³-hybridized carbons (Fsp3) is 0.278. The molecule has 1 fully saturated rings. The van der Waals surface area contributed by atoms with Crippen molar-refractivity contribution in [1.29, 1.82) is 5.26 Å². The molecule has 0 radical (unpaired) electrons. The van der Waals surface area contributed by atoms with Crippen molar-refractivity contribution in [3.63, 3.8) is 0 Å². The second-order valence-electron chi connectivity index (χ2n) is 5.61. The molecule has 0 bridgehead atoms. The number of nitriles is 1. The van der Waals surface area contributed by atoms with E-state index in [0.717, 1.165) is 25.3 Å². The zero-order valence-corrected chi connectivity index (χ0v) is 13.3. The van der Waals surface area contributed by atoms with Crippen LogP contribution in [0, 0.1) is 18.3 Å². The lowest BCUT2D eigenvalue weighted by Gasteiger charge is -2.39. The monoisotopic (exact) mass is 311 g/mol. The van der Waals surface area contributed by atoms with Gasteiger partial charge in [0, 0.05) is 19.6 Å². The van der Waals surface area contributed by atoms with Crippen molar-refractivity contribution in [3.8, 4) is 6.07 Å². The number of benzene rings is 2. The fourth-order valence-corrected chi connectivity index (χ4v) is 3.27. The average molecular weight is 312 g/mol. The number of hydrogen-bond acceptors (Lipinski definition) is 3. The van der Waals surface area contributed by atoms with Gasteiger partial charge in [-0.3, -0.25) is 0 Å². The lowest BCUT2D eigenvalue weighted by Crippen LogP contribution is -2.46. The predicted molar refractivity (Wildman–Crippen MR) is 90.3 cm³/mol. The highest BCUT2D eigenvalue weighted by Crippen LogP contribution is 2.34. The lowest BCUT2D eigenvalue weighted by atomic mass is 10.0. The number of nitrogens with zero attached hydrogens (tertiary/aromatic N) is 2. The number of hydrogen-bond donors (Lipinski definition) is 1. The van der Waals surface area contributed by atoms with E-state index in [1.165, 1.54) is 11.1 Å². The summed E-state index contributed by atoms with van der Waals surface area (Å²) >= 11 is 6.41. The van der Waals surface area contributed by atoms with Crippen LogP contribution in [0.2, 0.25) is 5.02 Å². The summed E-state index contributed by atoms with van der Waals surface area (Å²) < 4.78 is 0. The molecular formula is C18H18ClN3. The van der Waals surface area contributed by atoms with E-state index in [1.54, 1.807) is 6.07 Å². The first-order valence-corrected chi connectivity index (χ1v) is 7.80. The second-order valence-corrected chi connectivity index (χ2v) is 6.01. The maximum Gasteiger partial charge on any atom is 0.0992 e. The van der Waals surface area contributed by atoms with E-state index in [-0.39, 0.29) is 6.04 Å². The minimum absolute atomic E-state index is 0.249. The van der Waals surface area contributed by atoms with Crippen LogP contribution in [0.5, 0.6) is 0 Å². The van der Waals surface area contributed by atoms with Crippen LogP contribution in [0.4, 0.5) is 5.69 Å². The minimum atomic E-state index is 0.249. The third-order valence-electron chi connectivity index (χ3n) is 4.06. The molecule has 0 unspecified atom stereocenters. The Hall–Kier alpha value is -2.02. The molecule has 2 aromatic carbocycles. The highest BCUT2D eigenvalue weighted by atomic mass is 35.5. The van der Waals surface area contributed by atoms with Gasteiger partial charge in [-0.15, -0.1) is 0 Å². The number of rotatable bonds is 2. The van der Waals surface area contributed by atoms with E-state index in [1.807, 2.05) is 12.1 Å². The molecular weight excluding hydrogens is 294 g/mol. The van der Waals surface area contributed by atoms with Crippen molar-refractivity contribution in [2.75, 3.05) is 24.5 Å². The molecule has 0 saturated carbocycles. The van der Waals surface area contributed by atoms with Gasteiger partial charge in [-0.25, -0.2) is 0 Å². The Balaban J connectivity index is 1.98. The van der Waals surface area contributed by atoms with Gasteiger partial charge in [0.1, 0.15) is 0 Å². The molecule has 1 heterocycles. The fourth-order valence-electron chi connectivity index (χ4n) is 2.98. The Kier molecular flexibility index (Phi) is 4.33. The molecule has 0 spiro atoms. The van der Waals surface area contributed by atoms with Gasteiger partial charge in [-0.05, 0) is 30.7 Å². The molecule has 22 heavy (non-hydrogen) atoms. The quantitative estimate of drug-likeness (QED) is 0.919. The van der Waals surface area contributed by atoms with Crippen molar-refractivity contribution in [2.24, 2.45) is 0 Å². The molecule has 1 N–H and O–H groups in total. The Morgan fingerprint density at radius 1 is 1.27 bits per heavy atom. The topological polar surface area (TPSA) is 39.1 Å². The van der Waals surface area contributed by atoms with E-state index in [2.05, 4.69) is 47.5 Å². The van der Waals surface area contributed by atoms with Crippen molar-refractivity contribution in [1.82, 2.24) is 5.32 Å². The summed E-state index contributed by atoms with van der Waals surface area (Å²) in [5.41, 5.74) is 4.13. The highest BCUT2D eigenvalue weighted by molar-refractivity contribution is 6.33. The molecule has 3 rings (SSSR count). The summed E-state index contributed by atoms with van der Waals surface area (Å²) in [4.78, 5) is 2.33. The normalized spacial score (nSPS) is 18.0. The van der Waals surface area contributed by atoms with Crippen molar-refractivity contribution < 1.29 is 0 Å². The maximum absolute atomic E-state index is 8.99. The third-order valence-corrected chi connectivity index (χ3v) is 4.36. The van der Waals surface area contributed by atoms with Gasteiger partial charge in [0.2, 0.25) is 0 Å². The molecule has 0 aromatic heterocycles. The van der Waals surface area contributed by atoms with Crippen molar-refractivity contribution >= 4 is 17.3 Å². The molecule has 0 amide bonds. The van der Waals surface area contributed by atoms with Crippen LogP contribution < -0.4 is 10.2 Å². The van der Waals surface area contributed by atoms with Crippen LogP contribution in [-0.4, -0.2) is 19.6 Å². The van der Waals surface area contributed by atoms with Crippen molar-refractivity contribution in [2.45, 2.75) is 13.0 Å². The Morgan fingerprint density at radius 2 is 2.14 bits per heavy atom. The molecule has 3 nitrogen and oxygen atoms in total. The number of aryl methyl sites for hydroxylation is 1. The molecule has 1 atom stereocenters. The van der Waals surface area contributed by atoms with E-state index >= 15 is 0 Å². The molecule has 1 aliphatic heterocycles. The summed E-state index contributed by atoms with van der Waals surface area (Å²) in [6.45, 7) is 4.82. The first-order chi connectivity index (χ1) is 10.7. The highest BCUT2D eigenvalue weighted by Gasteiger charge is 2.25. The molecule has 1 aliphatic rings. The Labute approximate surface area is 136 Å². The maximum atomic E-state index is 8.99. The van der Waals surface area contributed by atoms with Crippen LogP contribution in [0.15, 0.2) is 42.5 Å². The van der Waals surface area contributed by atoms with Crippen molar-refractivity contribution in [3.05, 3.63) is 64.2 Å². The predicted octanol–water partition coefficient (Wildman–Crippen LogP) is 3.67. The first kappa shape index (κ1) is 14.9. The van der Waals surface area contributed by atoms with Gasteiger partial charge in [0.25, 0.3) is 0 Å². The van der Waals surface area contributed by atoms with Gasteiger partial charge in [-0.1, -0.05) is 41.4 Å². The van der Waals surface area contributed by atoms with Gasteiger partial charge >= 0.3 is 0 Å². The molecule has 4 heteroatoms. The summed E-state index contributed by atoms with van der Waals surface area (Å²) in [6.07, 6.45) is 0. The van der Waals surface area contributed by atoms with Gasteiger partial charge in [0.05, 0.1) is 28.4 Å². The van der Waals surface area contributed by atoms with E-state index < -0.39 is 0 Å². The average Bonchev–Trinajstić information content (AvgIpc) is 2.55. The van der Waals surface area contributed by atoms with Crippen LogP contribution in [-0.2, 0) is 0 Å².